The van der Waals surface area contributed by atoms with Crippen LogP contribution in [0.3, 0.4) is 0 Å². The second-order valence-corrected chi connectivity index (χ2v) is 8.05. The maximum absolute atomic E-state index is 13.0. The van der Waals surface area contributed by atoms with E-state index in [9.17, 15) is 8.42 Å². The first-order valence-electron chi connectivity index (χ1n) is 8.44. The van der Waals surface area contributed by atoms with Gasteiger partial charge in [0.05, 0.1) is 21.8 Å². The van der Waals surface area contributed by atoms with Crippen molar-refractivity contribution in [3.8, 4) is 0 Å². The average molecular weight is 378 g/mol. The van der Waals surface area contributed by atoms with Gasteiger partial charge in [0.15, 0.2) is 0 Å². The van der Waals surface area contributed by atoms with Gasteiger partial charge in [-0.05, 0) is 49.7 Å². The van der Waals surface area contributed by atoms with Gasteiger partial charge < -0.3 is 5.32 Å². The molecule has 0 amide bonds. The van der Waals surface area contributed by atoms with Crippen molar-refractivity contribution in [1.29, 1.82) is 0 Å². The molecule has 0 radical (unpaired) electrons. The lowest BCUT2D eigenvalue weighted by Crippen LogP contribution is -2.11. The SMILES string of the molecule is Cc1ccnc(C)c1Nc1nccc2c1ccn2S(=O)(=O)c1ccccc1. The number of pyridine rings is 2. The molecule has 4 rings (SSSR count). The molecule has 4 aromatic rings. The molecule has 0 fully saturated rings. The van der Waals surface area contributed by atoms with Crippen LogP contribution in [-0.4, -0.2) is 22.4 Å². The number of rotatable bonds is 4. The molecular weight excluding hydrogens is 360 g/mol. The Balaban J connectivity index is 1.84. The lowest BCUT2D eigenvalue weighted by molar-refractivity contribution is 0.589. The van der Waals surface area contributed by atoms with Gasteiger partial charge in [0.25, 0.3) is 10.0 Å². The first-order valence-corrected chi connectivity index (χ1v) is 9.88. The van der Waals surface area contributed by atoms with Crippen LogP contribution in [0.25, 0.3) is 10.9 Å². The summed E-state index contributed by atoms with van der Waals surface area (Å²) in [4.78, 5) is 8.96. The molecule has 0 aliphatic heterocycles. The Morgan fingerprint density at radius 3 is 2.41 bits per heavy atom. The molecule has 6 nitrogen and oxygen atoms in total. The number of hydrogen-bond acceptors (Lipinski definition) is 5. The summed E-state index contributed by atoms with van der Waals surface area (Å²) in [6.07, 6.45) is 4.91. The monoisotopic (exact) mass is 378 g/mol. The lowest BCUT2D eigenvalue weighted by Gasteiger charge is -2.12. The van der Waals surface area contributed by atoms with Crippen LogP contribution < -0.4 is 5.32 Å². The minimum atomic E-state index is -3.68. The van der Waals surface area contributed by atoms with Crippen molar-refractivity contribution in [2.24, 2.45) is 0 Å². The second kappa shape index (κ2) is 6.51. The van der Waals surface area contributed by atoms with Gasteiger partial charge >= 0.3 is 0 Å². The van der Waals surface area contributed by atoms with Crippen molar-refractivity contribution in [2.45, 2.75) is 18.7 Å². The standard InChI is InChI=1S/C20H18N4O2S/c1-14-8-11-21-15(2)19(14)23-20-17-10-13-24(18(17)9-12-22-20)27(25,26)16-6-4-3-5-7-16/h3-13H,1-2H3,(H,22,23). The Morgan fingerprint density at radius 1 is 0.926 bits per heavy atom. The zero-order valence-electron chi connectivity index (χ0n) is 14.9. The summed E-state index contributed by atoms with van der Waals surface area (Å²) in [6, 6.07) is 13.8. The molecule has 1 N–H and O–H groups in total. The third-order valence-electron chi connectivity index (χ3n) is 4.47. The summed E-state index contributed by atoms with van der Waals surface area (Å²) in [5.41, 5.74) is 3.33. The van der Waals surface area contributed by atoms with Crippen molar-refractivity contribution in [3.05, 3.63) is 78.4 Å². The Bertz CT molecular complexity index is 1210. The van der Waals surface area contributed by atoms with Gasteiger partial charge in [-0.25, -0.2) is 17.4 Å². The van der Waals surface area contributed by atoms with Crippen molar-refractivity contribution < 1.29 is 8.42 Å². The van der Waals surface area contributed by atoms with Crippen LogP contribution >= 0.6 is 0 Å². The van der Waals surface area contributed by atoms with E-state index < -0.39 is 10.0 Å². The summed E-state index contributed by atoms with van der Waals surface area (Å²) in [7, 11) is -3.68. The second-order valence-electron chi connectivity index (χ2n) is 6.24. The smallest absolute Gasteiger partial charge is 0.268 e. The van der Waals surface area contributed by atoms with Crippen molar-refractivity contribution in [3.63, 3.8) is 0 Å². The molecule has 0 aliphatic rings. The molecule has 136 valence electrons. The summed E-state index contributed by atoms with van der Waals surface area (Å²) >= 11 is 0. The number of anilines is 2. The van der Waals surface area contributed by atoms with Gasteiger partial charge in [0, 0.05) is 24.0 Å². The summed E-state index contributed by atoms with van der Waals surface area (Å²) < 4.78 is 27.3. The largest absolute Gasteiger partial charge is 0.338 e. The lowest BCUT2D eigenvalue weighted by atomic mass is 10.2. The molecule has 0 aliphatic carbocycles. The first kappa shape index (κ1) is 17.2. The fourth-order valence-electron chi connectivity index (χ4n) is 3.06. The molecule has 3 heterocycles. The Morgan fingerprint density at radius 2 is 1.67 bits per heavy atom. The Labute approximate surface area is 157 Å². The fraction of sp³-hybridized carbons (Fsp3) is 0.100. The molecule has 0 unspecified atom stereocenters. The molecule has 27 heavy (non-hydrogen) atoms. The fourth-order valence-corrected chi connectivity index (χ4v) is 4.43. The number of nitrogens with one attached hydrogen (secondary N) is 1. The van der Waals surface area contributed by atoms with E-state index in [2.05, 4.69) is 15.3 Å². The molecule has 7 heteroatoms. The third-order valence-corrected chi connectivity index (χ3v) is 6.18. The highest BCUT2D eigenvalue weighted by molar-refractivity contribution is 7.90. The molecule has 0 saturated heterocycles. The van der Waals surface area contributed by atoms with Gasteiger partial charge in [-0.15, -0.1) is 0 Å². The molecule has 0 atom stereocenters. The predicted molar refractivity (Wildman–Crippen MR) is 106 cm³/mol. The van der Waals surface area contributed by atoms with Crippen LogP contribution in [0.1, 0.15) is 11.3 Å². The van der Waals surface area contributed by atoms with Gasteiger partial charge in [-0.1, -0.05) is 18.2 Å². The Hall–Kier alpha value is -3.19. The number of hydrogen-bond donors (Lipinski definition) is 1. The molecular formula is C20H18N4O2S. The van der Waals surface area contributed by atoms with Crippen molar-refractivity contribution >= 4 is 32.4 Å². The van der Waals surface area contributed by atoms with Crippen molar-refractivity contribution in [1.82, 2.24) is 13.9 Å². The maximum Gasteiger partial charge on any atom is 0.268 e. The zero-order chi connectivity index (χ0) is 19.0. The van der Waals surface area contributed by atoms with Crippen LogP contribution in [0.5, 0.6) is 0 Å². The maximum atomic E-state index is 13.0. The molecule has 0 spiro atoms. The Kier molecular flexibility index (Phi) is 4.16. The van der Waals surface area contributed by atoms with Gasteiger partial charge in [0.1, 0.15) is 5.82 Å². The van der Waals surface area contributed by atoms with Crippen LogP contribution in [0, 0.1) is 13.8 Å². The van der Waals surface area contributed by atoms with E-state index >= 15 is 0 Å². The third kappa shape index (κ3) is 2.96. The average Bonchev–Trinajstić information content (AvgIpc) is 3.11. The van der Waals surface area contributed by atoms with E-state index in [0.717, 1.165) is 22.3 Å². The normalized spacial score (nSPS) is 11.6. The van der Waals surface area contributed by atoms with Gasteiger partial charge in [-0.2, -0.15) is 0 Å². The number of fused-ring (bicyclic) bond motifs is 1. The van der Waals surface area contributed by atoms with E-state index in [1.807, 2.05) is 19.9 Å². The van der Waals surface area contributed by atoms with Crippen molar-refractivity contribution in [2.75, 3.05) is 5.32 Å². The van der Waals surface area contributed by atoms with Crippen LogP contribution in [0.15, 0.2) is 72.0 Å². The van der Waals surface area contributed by atoms with E-state index in [1.165, 1.54) is 3.97 Å². The van der Waals surface area contributed by atoms with Crippen LogP contribution in [0.4, 0.5) is 11.5 Å². The molecule has 0 saturated carbocycles. The molecule has 1 aromatic carbocycles. The predicted octanol–water partition coefficient (Wildman–Crippen LogP) is 4.03. The highest BCUT2D eigenvalue weighted by atomic mass is 32.2. The van der Waals surface area contributed by atoms with E-state index in [0.29, 0.717) is 11.3 Å². The summed E-state index contributed by atoms with van der Waals surface area (Å²) in [5.74, 6) is 0.591. The van der Waals surface area contributed by atoms with Gasteiger partial charge in [0.2, 0.25) is 0 Å². The molecule has 3 aromatic heterocycles. The number of nitrogens with zero attached hydrogens (tertiary/aromatic N) is 3. The van der Waals surface area contributed by atoms with Gasteiger partial charge in [-0.3, -0.25) is 4.98 Å². The quantitative estimate of drug-likeness (QED) is 0.580. The zero-order valence-corrected chi connectivity index (χ0v) is 15.7. The summed E-state index contributed by atoms with van der Waals surface area (Å²) in [6.45, 7) is 3.91. The highest BCUT2D eigenvalue weighted by Crippen LogP contribution is 2.29. The highest BCUT2D eigenvalue weighted by Gasteiger charge is 2.20. The summed E-state index contributed by atoms with van der Waals surface area (Å²) in [5, 5.41) is 4.03. The topological polar surface area (TPSA) is 76.9 Å². The molecule has 0 bridgehead atoms. The van der Waals surface area contributed by atoms with Crippen LogP contribution in [-0.2, 0) is 10.0 Å². The van der Waals surface area contributed by atoms with E-state index in [4.69, 9.17) is 0 Å². The van der Waals surface area contributed by atoms with E-state index in [1.54, 1.807) is 61.1 Å². The first-order chi connectivity index (χ1) is 13.0. The number of benzene rings is 1. The number of aryl methyl sites for hydroxylation is 2. The minimum Gasteiger partial charge on any atom is -0.338 e. The number of aromatic nitrogens is 3. The van der Waals surface area contributed by atoms with E-state index in [-0.39, 0.29) is 4.90 Å². The van der Waals surface area contributed by atoms with Crippen LogP contribution in [0.2, 0.25) is 0 Å². The minimum absolute atomic E-state index is 0.243.